The molecule has 2 aromatic heterocycles. The highest BCUT2D eigenvalue weighted by molar-refractivity contribution is 9.10. The molecule has 39 heavy (non-hydrogen) atoms. The summed E-state index contributed by atoms with van der Waals surface area (Å²) in [5.41, 5.74) is 3.24. The third-order valence-electron chi connectivity index (χ3n) is 6.58. The van der Waals surface area contributed by atoms with Gasteiger partial charge in [0.05, 0.1) is 17.3 Å². The Kier molecular flexibility index (Phi) is 6.89. The van der Waals surface area contributed by atoms with Crippen LogP contribution >= 0.6 is 28.1 Å². The second-order valence-electron chi connectivity index (χ2n) is 9.23. The molecule has 0 spiro atoms. The maximum Gasteiger partial charge on any atom is 0.174 e. The fourth-order valence-corrected chi connectivity index (χ4v) is 5.36. The van der Waals surface area contributed by atoms with Gasteiger partial charge in [-0.25, -0.2) is 4.39 Å². The van der Waals surface area contributed by atoms with E-state index in [1.807, 2.05) is 84.6 Å². The van der Waals surface area contributed by atoms with Crippen molar-refractivity contribution in [2.75, 3.05) is 4.90 Å². The van der Waals surface area contributed by atoms with E-state index in [2.05, 4.69) is 26.2 Å². The Bertz CT molecular complexity index is 1620. The number of aromatic nitrogens is 1. The molecule has 5 nitrogen and oxygen atoms in total. The average Bonchev–Trinajstić information content (AvgIpc) is 3.55. The summed E-state index contributed by atoms with van der Waals surface area (Å²) in [6.07, 6.45) is 1.75. The first-order valence-electron chi connectivity index (χ1n) is 12.4. The van der Waals surface area contributed by atoms with Crippen LogP contribution in [0.2, 0.25) is 0 Å². The van der Waals surface area contributed by atoms with Gasteiger partial charge in [-0.3, -0.25) is 4.98 Å². The summed E-state index contributed by atoms with van der Waals surface area (Å²) in [5, 5.41) is 3.96. The molecule has 0 bridgehead atoms. The molecule has 6 rings (SSSR count). The van der Waals surface area contributed by atoms with Crippen LogP contribution in [-0.2, 0) is 0 Å². The zero-order valence-electron chi connectivity index (χ0n) is 20.8. The van der Waals surface area contributed by atoms with Crippen molar-refractivity contribution in [1.82, 2.24) is 10.3 Å². The molecule has 1 saturated heterocycles. The van der Waals surface area contributed by atoms with Gasteiger partial charge < -0.3 is 19.4 Å². The summed E-state index contributed by atoms with van der Waals surface area (Å²) in [7, 11) is 0. The Hall–Kier alpha value is -4.01. The molecule has 3 heterocycles. The van der Waals surface area contributed by atoms with E-state index in [1.54, 1.807) is 24.4 Å². The number of ether oxygens (including phenoxy) is 1. The first kappa shape index (κ1) is 25.3. The van der Waals surface area contributed by atoms with E-state index in [1.165, 1.54) is 11.6 Å². The minimum Gasteiger partial charge on any atom is -0.459 e. The highest BCUT2D eigenvalue weighted by Crippen LogP contribution is 2.43. The van der Waals surface area contributed by atoms with Gasteiger partial charge in [0.25, 0.3) is 0 Å². The summed E-state index contributed by atoms with van der Waals surface area (Å²) in [5.74, 6) is 2.19. The van der Waals surface area contributed by atoms with E-state index in [-0.39, 0.29) is 17.9 Å². The van der Waals surface area contributed by atoms with Crippen LogP contribution in [-0.4, -0.2) is 10.1 Å². The number of furan rings is 1. The third-order valence-corrected chi connectivity index (χ3v) is 7.39. The van der Waals surface area contributed by atoms with Gasteiger partial charge in [0.15, 0.2) is 5.11 Å². The lowest BCUT2D eigenvalue weighted by Crippen LogP contribution is -2.29. The van der Waals surface area contributed by atoms with Crippen molar-refractivity contribution in [1.29, 1.82) is 0 Å². The van der Waals surface area contributed by atoms with Crippen LogP contribution in [0.4, 0.5) is 10.1 Å². The van der Waals surface area contributed by atoms with E-state index in [0.717, 1.165) is 17.1 Å². The minimum absolute atomic E-state index is 0.282. The fraction of sp³-hybridized carbons (Fsp3) is 0.0968. The molecule has 194 valence electrons. The summed E-state index contributed by atoms with van der Waals surface area (Å²) in [6, 6.07) is 29.3. The number of hydrogen-bond donors (Lipinski definition) is 1. The number of nitrogens with one attached hydrogen (secondary N) is 1. The number of pyridine rings is 1. The van der Waals surface area contributed by atoms with Gasteiger partial charge in [-0.1, -0.05) is 39.7 Å². The van der Waals surface area contributed by atoms with E-state index in [0.29, 0.717) is 32.4 Å². The lowest BCUT2D eigenvalue weighted by atomic mass is 10.0. The number of hydrogen-bond acceptors (Lipinski definition) is 4. The normalized spacial score (nSPS) is 16.8. The first-order valence-corrected chi connectivity index (χ1v) is 13.6. The number of halogens is 2. The Balaban J connectivity index is 1.35. The number of thiocarbonyl (C=S) groups is 1. The Labute approximate surface area is 239 Å². The molecule has 1 aliphatic heterocycles. The van der Waals surface area contributed by atoms with Crippen LogP contribution in [0.1, 0.15) is 29.1 Å². The van der Waals surface area contributed by atoms with Crippen molar-refractivity contribution >= 4 is 38.9 Å². The SMILES string of the molecule is Cc1ccc(Oc2ccc(N3C(=S)N[C@@H](c4ccccn4)[C@H]3c3ccc(-c4ccc(Br)cc4F)o3)cc2)cc1. The maximum absolute atomic E-state index is 14.7. The third kappa shape index (κ3) is 5.17. The van der Waals surface area contributed by atoms with Crippen molar-refractivity contribution in [3.63, 3.8) is 0 Å². The molecule has 0 unspecified atom stereocenters. The van der Waals surface area contributed by atoms with Gasteiger partial charge in [-0.2, -0.15) is 0 Å². The van der Waals surface area contributed by atoms with Gasteiger partial charge >= 0.3 is 0 Å². The molecule has 3 aromatic carbocycles. The first-order chi connectivity index (χ1) is 19.0. The molecule has 2 atom stereocenters. The zero-order valence-corrected chi connectivity index (χ0v) is 23.2. The Morgan fingerprint density at radius 1 is 0.949 bits per heavy atom. The highest BCUT2D eigenvalue weighted by Gasteiger charge is 2.42. The molecular weight excluding hydrogens is 577 g/mol. The molecule has 1 N–H and O–H groups in total. The lowest BCUT2D eigenvalue weighted by molar-refractivity contribution is 0.438. The quantitative estimate of drug-likeness (QED) is 0.197. The number of benzene rings is 3. The van der Waals surface area contributed by atoms with E-state index in [4.69, 9.17) is 21.4 Å². The molecule has 1 fully saturated rings. The number of nitrogens with zero attached hydrogens (tertiary/aromatic N) is 2. The molecule has 0 saturated carbocycles. The molecular formula is C31H23BrFN3O2S. The smallest absolute Gasteiger partial charge is 0.174 e. The predicted octanol–water partition coefficient (Wildman–Crippen LogP) is 8.52. The van der Waals surface area contributed by atoms with Gasteiger partial charge in [-0.05, 0) is 98.0 Å². The summed E-state index contributed by atoms with van der Waals surface area (Å²) < 4.78 is 27.7. The summed E-state index contributed by atoms with van der Waals surface area (Å²) >= 11 is 9.12. The van der Waals surface area contributed by atoms with Crippen molar-refractivity contribution in [3.8, 4) is 22.8 Å². The van der Waals surface area contributed by atoms with E-state index < -0.39 is 0 Å². The molecule has 0 aliphatic carbocycles. The fourth-order valence-electron chi connectivity index (χ4n) is 4.68. The van der Waals surface area contributed by atoms with Crippen LogP contribution in [0.3, 0.4) is 0 Å². The standard InChI is InChI=1S/C31H23BrFN3O2S/c1-19-5-10-22(11-6-19)37-23-12-8-21(9-13-23)36-30(29(35-31(36)39)26-4-2-3-17-34-26)28-16-15-27(38-28)24-14-7-20(32)18-25(24)33/h2-18,29-30H,1H3,(H,35,39)/t29-,30+/m0/s1. The monoisotopic (exact) mass is 599 g/mol. The molecule has 1 aliphatic rings. The van der Waals surface area contributed by atoms with Crippen molar-refractivity contribution in [3.05, 3.63) is 131 Å². The molecule has 8 heteroatoms. The Morgan fingerprint density at radius 2 is 1.69 bits per heavy atom. The molecule has 0 amide bonds. The van der Waals surface area contributed by atoms with Crippen LogP contribution in [0.5, 0.6) is 11.5 Å². The second kappa shape index (κ2) is 10.6. The number of anilines is 1. The van der Waals surface area contributed by atoms with Gasteiger partial charge in [0.2, 0.25) is 0 Å². The van der Waals surface area contributed by atoms with Crippen LogP contribution in [0, 0.1) is 12.7 Å². The maximum atomic E-state index is 14.7. The predicted molar refractivity (Wildman–Crippen MR) is 157 cm³/mol. The summed E-state index contributed by atoms with van der Waals surface area (Å²) in [6.45, 7) is 2.04. The largest absolute Gasteiger partial charge is 0.459 e. The van der Waals surface area contributed by atoms with E-state index in [9.17, 15) is 4.39 Å². The highest BCUT2D eigenvalue weighted by atomic mass is 79.9. The number of rotatable bonds is 6. The van der Waals surface area contributed by atoms with Gasteiger partial charge in [0.1, 0.15) is 34.9 Å². The van der Waals surface area contributed by atoms with Crippen LogP contribution < -0.4 is 15.0 Å². The zero-order chi connectivity index (χ0) is 26.9. The van der Waals surface area contributed by atoms with Crippen LogP contribution in [0.25, 0.3) is 11.3 Å². The Morgan fingerprint density at radius 3 is 2.38 bits per heavy atom. The van der Waals surface area contributed by atoms with Crippen molar-refractivity contribution in [2.45, 2.75) is 19.0 Å². The summed E-state index contributed by atoms with van der Waals surface area (Å²) in [4.78, 5) is 6.58. The van der Waals surface area contributed by atoms with E-state index >= 15 is 0 Å². The topological polar surface area (TPSA) is 50.5 Å². The molecule has 5 aromatic rings. The van der Waals surface area contributed by atoms with Crippen molar-refractivity contribution in [2.24, 2.45) is 0 Å². The van der Waals surface area contributed by atoms with Gasteiger partial charge in [-0.15, -0.1) is 0 Å². The molecule has 0 radical (unpaired) electrons. The van der Waals surface area contributed by atoms with Crippen LogP contribution in [0.15, 0.2) is 112 Å². The second-order valence-corrected chi connectivity index (χ2v) is 10.5. The average molecular weight is 601 g/mol. The number of aryl methyl sites for hydroxylation is 1. The van der Waals surface area contributed by atoms with Gasteiger partial charge in [0, 0.05) is 16.4 Å². The van der Waals surface area contributed by atoms with Crippen molar-refractivity contribution < 1.29 is 13.5 Å². The minimum atomic E-state index is -0.368. The lowest BCUT2D eigenvalue weighted by Gasteiger charge is -2.26.